The molecule has 5 nitrogen and oxygen atoms in total. The summed E-state index contributed by atoms with van der Waals surface area (Å²) in [7, 11) is 1.51. The quantitative estimate of drug-likeness (QED) is 0.877. The first kappa shape index (κ1) is 12.2. The first-order valence-corrected chi connectivity index (χ1v) is 5.11. The number of primary amides is 1. The number of hydrogen-bond donors (Lipinski definition) is 1. The van der Waals surface area contributed by atoms with Gasteiger partial charge < -0.3 is 10.3 Å². The molecule has 0 spiro atoms. The lowest BCUT2D eigenvalue weighted by Gasteiger charge is -2.04. The van der Waals surface area contributed by atoms with Crippen molar-refractivity contribution in [2.24, 2.45) is 12.8 Å². The Morgan fingerprint density at radius 2 is 1.94 bits per heavy atom. The van der Waals surface area contributed by atoms with Gasteiger partial charge in [0.2, 0.25) is 5.82 Å². The fourth-order valence-electron chi connectivity index (χ4n) is 1.59. The Morgan fingerprint density at radius 3 is 2.44 bits per heavy atom. The number of benzene rings is 1. The van der Waals surface area contributed by atoms with E-state index in [0.29, 0.717) is 0 Å². The minimum Gasteiger partial charge on any atom is -0.363 e. The molecule has 18 heavy (non-hydrogen) atoms. The fraction of sp³-hybridized carbons (Fsp3) is 0.182. The van der Waals surface area contributed by atoms with E-state index < -0.39 is 17.5 Å². The van der Waals surface area contributed by atoms with Crippen LogP contribution in [0.4, 0.5) is 8.78 Å². The maximum atomic E-state index is 13.4. The van der Waals surface area contributed by atoms with Crippen molar-refractivity contribution in [3.05, 3.63) is 47.0 Å². The standard InChI is InChI=1S/C11H10F2N4O/c1-17-9(15-16-11(17)10(14)18)5-6-7(12)3-2-4-8(6)13/h2-4H,5H2,1H3,(H2,14,18). The molecule has 7 heteroatoms. The predicted molar refractivity (Wildman–Crippen MR) is 58.7 cm³/mol. The summed E-state index contributed by atoms with van der Waals surface area (Å²) in [4.78, 5) is 11.0. The zero-order valence-corrected chi connectivity index (χ0v) is 9.52. The lowest BCUT2D eigenvalue weighted by Crippen LogP contribution is -2.17. The highest BCUT2D eigenvalue weighted by molar-refractivity contribution is 5.89. The molecule has 94 valence electrons. The number of amides is 1. The lowest BCUT2D eigenvalue weighted by molar-refractivity contribution is 0.0987. The summed E-state index contributed by atoms with van der Waals surface area (Å²) >= 11 is 0. The van der Waals surface area contributed by atoms with Crippen molar-refractivity contribution in [2.75, 3.05) is 0 Å². The number of halogens is 2. The van der Waals surface area contributed by atoms with Crippen LogP contribution in [0.15, 0.2) is 18.2 Å². The van der Waals surface area contributed by atoms with Gasteiger partial charge in [-0.15, -0.1) is 10.2 Å². The minimum absolute atomic E-state index is 0.0539. The predicted octanol–water partition coefficient (Wildman–Crippen LogP) is 0.783. The average Bonchev–Trinajstić information content (AvgIpc) is 2.66. The van der Waals surface area contributed by atoms with E-state index in [-0.39, 0.29) is 23.6 Å². The van der Waals surface area contributed by atoms with Crippen LogP contribution < -0.4 is 5.73 Å². The summed E-state index contributed by atoms with van der Waals surface area (Å²) in [6.45, 7) is 0. The Labute approximate surface area is 101 Å². The molecule has 0 bridgehead atoms. The van der Waals surface area contributed by atoms with Crippen LogP contribution in [0.2, 0.25) is 0 Å². The largest absolute Gasteiger partial charge is 0.363 e. The Balaban J connectivity index is 2.38. The molecule has 0 fully saturated rings. The van der Waals surface area contributed by atoms with Crippen molar-refractivity contribution >= 4 is 5.91 Å². The molecular weight excluding hydrogens is 242 g/mol. The smallest absolute Gasteiger partial charge is 0.286 e. The molecule has 0 aliphatic carbocycles. The van der Waals surface area contributed by atoms with Crippen molar-refractivity contribution < 1.29 is 13.6 Å². The number of nitrogens with zero attached hydrogens (tertiary/aromatic N) is 3. The van der Waals surface area contributed by atoms with Crippen LogP contribution >= 0.6 is 0 Å². The van der Waals surface area contributed by atoms with Crippen molar-refractivity contribution in [3.63, 3.8) is 0 Å². The number of aromatic nitrogens is 3. The molecule has 0 saturated carbocycles. The van der Waals surface area contributed by atoms with Crippen molar-refractivity contribution in [3.8, 4) is 0 Å². The molecular formula is C11H10F2N4O. The third-order valence-electron chi connectivity index (χ3n) is 2.58. The van der Waals surface area contributed by atoms with E-state index in [0.717, 1.165) is 12.1 Å². The average molecular weight is 252 g/mol. The van der Waals surface area contributed by atoms with Crippen LogP contribution in [0.1, 0.15) is 22.0 Å². The highest BCUT2D eigenvalue weighted by Gasteiger charge is 2.16. The second-order valence-electron chi connectivity index (χ2n) is 3.74. The molecule has 1 amide bonds. The SMILES string of the molecule is Cn1c(Cc2c(F)cccc2F)nnc1C(N)=O. The molecule has 0 atom stereocenters. The molecule has 1 aromatic heterocycles. The van der Waals surface area contributed by atoms with Crippen molar-refractivity contribution in [1.29, 1.82) is 0 Å². The lowest BCUT2D eigenvalue weighted by atomic mass is 10.1. The van der Waals surface area contributed by atoms with Gasteiger partial charge in [-0.25, -0.2) is 8.78 Å². The van der Waals surface area contributed by atoms with E-state index >= 15 is 0 Å². The van der Waals surface area contributed by atoms with Crippen LogP contribution in [0.25, 0.3) is 0 Å². The van der Waals surface area contributed by atoms with E-state index in [2.05, 4.69) is 10.2 Å². The van der Waals surface area contributed by atoms with Gasteiger partial charge >= 0.3 is 0 Å². The normalized spacial score (nSPS) is 10.6. The van der Waals surface area contributed by atoms with Crippen LogP contribution in [0.3, 0.4) is 0 Å². The van der Waals surface area contributed by atoms with Gasteiger partial charge in [-0.2, -0.15) is 0 Å². The maximum Gasteiger partial charge on any atom is 0.286 e. The number of carbonyl (C=O) groups excluding carboxylic acids is 1. The van der Waals surface area contributed by atoms with Gasteiger partial charge in [-0.05, 0) is 12.1 Å². The molecule has 2 N–H and O–H groups in total. The number of rotatable bonds is 3. The Hall–Kier alpha value is -2.31. The number of hydrogen-bond acceptors (Lipinski definition) is 3. The molecule has 2 rings (SSSR count). The fourth-order valence-corrected chi connectivity index (χ4v) is 1.59. The molecule has 0 saturated heterocycles. The summed E-state index contributed by atoms with van der Waals surface area (Å²) in [5.41, 5.74) is 4.95. The van der Waals surface area contributed by atoms with E-state index in [9.17, 15) is 13.6 Å². The zero-order chi connectivity index (χ0) is 13.3. The van der Waals surface area contributed by atoms with Gasteiger partial charge in [0.1, 0.15) is 17.5 Å². The van der Waals surface area contributed by atoms with Gasteiger partial charge in [0.25, 0.3) is 5.91 Å². The summed E-state index contributed by atoms with van der Waals surface area (Å²) in [6, 6.07) is 3.59. The van der Waals surface area contributed by atoms with Gasteiger partial charge in [-0.1, -0.05) is 6.07 Å². The molecule has 1 aromatic carbocycles. The second kappa shape index (κ2) is 4.52. The summed E-state index contributed by atoms with van der Waals surface area (Å²) in [5.74, 6) is -1.88. The first-order chi connectivity index (χ1) is 8.50. The van der Waals surface area contributed by atoms with Crippen LogP contribution in [-0.4, -0.2) is 20.7 Å². The molecule has 0 aliphatic rings. The zero-order valence-electron chi connectivity index (χ0n) is 9.52. The van der Waals surface area contributed by atoms with Crippen molar-refractivity contribution in [2.45, 2.75) is 6.42 Å². The summed E-state index contributed by atoms with van der Waals surface area (Å²) < 4.78 is 28.2. The topological polar surface area (TPSA) is 73.8 Å². The van der Waals surface area contributed by atoms with Crippen LogP contribution in [0, 0.1) is 11.6 Å². The Bertz CT molecular complexity index is 589. The maximum absolute atomic E-state index is 13.4. The summed E-state index contributed by atoms with van der Waals surface area (Å²) in [6.07, 6.45) is -0.102. The van der Waals surface area contributed by atoms with Gasteiger partial charge in [-0.3, -0.25) is 4.79 Å². The van der Waals surface area contributed by atoms with Crippen LogP contribution in [0.5, 0.6) is 0 Å². The first-order valence-electron chi connectivity index (χ1n) is 5.11. The van der Waals surface area contributed by atoms with Gasteiger partial charge in [0.15, 0.2) is 0 Å². The van der Waals surface area contributed by atoms with E-state index in [1.54, 1.807) is 0 Å². The van der Waals surface area contributed by atoms with Gasteiger partial charge in [0, 0.05) is 19.0 Å². The van der Waals surface area contributed by atoms with E-state index in [1.165, 1.54) is 17.7 Å². The summed E-state index contributed by atoms with van der Waals surface area (Å²) in [5, 5.41) is 7.26. The Morgan fingerprint density at radius 1 is 1.33 bits per heavy atom. The molecule has 1 heterocycles. The molecule has 2 aromatic rings. The molecule has 0 radical (unpaired) electrons. The number of nitrogens with two attached hydrogens (primary N) is 1. The monoisotopic (exact) mass is 252 g/mol. The molecule has 0 unspecified atom stereocenters. The third kappa shape index (κ3) is 2.06. The third-order valence-corrected chi connectivity index (χ3v) is 2.58. The van der Waals surface area contributed by atoms with Crippen molar-refractivity contribution in [1.82, 2.24) is 14.8 Å². The van der Waals surface area contributed by atoms with Gasteiger partial charge in [0.05, 0.1) is 0 Å². The minimum atomic E-state index is -0.745. The number of carbonyl (C=O) groups is 1. The van der Waals surface area contributed by atoms with E-state index in [4.69, 9.17) is 5.73 Å². The Kier molecular flexibility index (Phi) is 3.05. The highest BCUT2D eigenvalue weighted by atomic mass is 19.1. The second-order valence-corrected chi connectivity index (χ2v) is 3.74. The molecule has 0 aliphatic heterocycles. The van der Waals surface area contributed by atoms with Crippen LogP contribution in [-0.2, 0) is 13.5 Å². The van der Waals surface area contributed by atoms with E-state index in [1.807, 2.05) is 0 Å². The highest BCUT2D eigenvalue weighted by Crippen LogP contribution is 2.16.